The molecule has 0 aromatic heterocycles. The molecule has 102 valence electrons. The van der Waals surface area contributed by atoms with Crippen molar-refractivity contribution in [1.82, 2.24) is 0 Å². The standard InChI is InChI=1S/C16H23N3/c1-2-3-12-4-7-14(8-5-12)19-16-10-13(11-17)6-9-15(16)18/h6,9-10,12,14,19H,2-5,7-8,18H2,1H3. The summed E-state index contributed by atoms with van der Waals surface area (Å²) in [5.41, 5.74) is 8.27. The summed E-state index contributed by atoms with van der Waals surface area (Å²) in [6.45, 7) is 2.26. The van der Waals surface area contributed by atoms with Crippen LogP contribution in [0.4, 0.5) is 11.4 Å². The van der Waals surface area contributed by atoms with Gasteiger partial charge in [0.15, 0.2) is 0 Å². The quantitative estimate of drug-likeness (QED) is 0.804. The van der Waals surface area contributed by atoms with Crippen LogP contribution in [-0.4, -0.2) is 6.04 Å². The fraction of sp³-hybridized carbons (Fsp3) is 0.562. The molecule has 0 amide bonds. The monoisotopic (exact) mass is 257 g/mol. The summed E-state index contributed by atoms with van der Waals surface area (Å²) in [5.74, 6) is 0.908. The highest BCUT2D eigenvalue weighted by Gasteiger charge is 2.20. The van der Waals surface area contributed by atoms with Gasteiger partial charge in [-0.2, -0.15) is 5.26 Å². The third-order valence-electron chi connectivity index (χ3n) is 4.09. The normalized spacial score (nSPS) is 22.7. The molecule has 1 saturated carbocycles. The van der Waals surface area contributed by atoms with E-state index < -0.39 is 0 Å². The van der Waals surface area contributed by atoms with Crippen LogP contribution in [0.5, 0.6) is 0 Å². The van der Waals surface area contributed by atoms with Crippen LogP contribution < -0.4 is 11.1 Å². The van der Waals surface area contributed by atoms with Crippen LogP contribution in [0.3, 0.4) is 0 Å². The number of nitrogens with one attached hydrogen (secondary N) is 1. The van der Waals surface area contributed by atoms with E-state index in [1.54, 1.807) is 6.07 Å². The van der Waals surface area contributed by atoms with E-state index in [1.807, 2.05) is 12.1 Å². The third kappa shape index (κ3) is 3.64. The SMILES string of the molecule is CCCC1CCC(Nc2cc(C#N)ccc2N)CC1. The molecule has 3 N–H and O–H groups in total. The van der Waals surface area contributed by atoms with Crippen molar-refractivity contribution in [3.05, 3.63) is 23.8 Å². The van der Waals surface area contributed by atoms with Gasteiger partial charge < -0.3 is 11.1 Å². The Labute approximate surface area is 115 Å². The molecule has 0 bridgehead atoms. The minimum Gasteiger partial charge on any atom is -0.397 e. The van der Waals surface area contributed by atoms with Gasteiger partial charge in [0.2, 0.25) is 0 Å². The first-order valence-electron chi connectivity index (χ1n) is 7.29. The molecule has 1 aliphatic carbocycles. The molecule has 0 heterocycles. The average molecular weight is 257 g/mol. The summed E-state index contributed by atoms with van der Waals surface area (Å²) in [7, 11) is 0. The summed E-state index contributed by atoms with van der Waals surface area (Å²) in [6, 6.07) is 8.09. The van der Waals surface area contributed by atoms with E-state index in [-0.39, 0.29) is 0 Å². The summed E-state index contributed by atoms with van der Waals surface area (Å²) in [5, 5.41) is 12.4. The predicted octanol–water partition coefficient (Wildman–Crippen LogP) is 3.91. The van der Waals surface area contributed by atoms with Gasteiger partial charge in [0.05, 0.1) is 23.0 Å². The van der Waals surface area contributed by atoms with Crippen molar-refractivity contribution >= 4 is 11.4 Å². The molecule has 2 rings (SSSR count). The Morgan fingerprint density at radius 3 is 2.68 bits per heavy atom. The van der Waals surface area contributed by atoms with E-state index in [1.165, 1.54) is 38.5 Å². The molecular weight excluding hydrogens is 234 g/mol. The number of nitrogen functional groups attached to an aromatic ring is 1. The fourth-order valence-electron chi connectivity index (χ4n) is 2.97. The lowest BCUT2D eigenvalue weighted by Crippen LogP contribution is -2.26. The molecule has 0 unspecified atom stereocenters. The zero-order valence-electron chi connectivity index (χ0n) is 11.7. The molecule has 1 fully saturated rings. The lowest BCUT2D eigenvalue weighted by molar-refractivity contribution is 0.319. The van der Waals surface area contributed by atoms with E-state index in [9.17, 15) is 0 Å². The number of hydrogen-bond donors (Lipinski definition) is 2. The van der Waals surface area contributed by atoms with Crippen LogP contribution >= 0.6 is 0 Å². The summed E-state index contributed by atoms with van der Waals surface area (Å²) >= 11 is 0. The first-order chi connectivity index (χ1) is 9.22. The molecule has 1 aromatic rings. The second kappa shape index (κ2) is 6.47. The van der Waals surface area contributed by atoms with E-state index in [2.05, 4.69) is 18.3 Å². The van der Waals surface area contributed by atoms with Crippen LogP contribution in [0.15, 0.2) is 18.2 Å². The molecule has 0 saturated heterocycles. The number of nitrogens with zero attached hydrogens (tertiary/aromatic N) is 1. The summed E-state index contributed by atoms with van der Waals surface area (Å²) < 4.78 is 0. The lowest BCUT2D eigenvalue weighted by atomic mass is 9.83. The van der Waals surface area contributed by atoms with Gasteiger partial charge in [0, 0.05) is 6.04 Å². The molecule has 1 aliphatic rings. The van der Waals surface area contributed by atoms with Gasteiger partial charge in [0.25, 0.3) is 0 Å². The van der Waals surface area contributed by atoms with Crippen LogP contribution in [0.2, 0.25) is 0 Å². The van der Waals surface area contributed by atoms with Gasteiger partial charge in [-0.25, -0.2) is 0 Å². The molecular formula is C16H23N3. The maximum Gasteiger partial charge on any atom is 0.0992 e. The fourth-order valence-corrected chi connectivity index (χ4v) is 2.97. The second-order valence-electron chi connectivity index (χ2n) is 5.56. The Bertz CT molecular complexity index is 454. The van der Waals surface area contributed by atoms with E-state index >= 15 is 0 Å². The first kappa shape index (κ1) is 13.7. The van der Waals surface area contributed by atoms with Crippen molar-refractivity contribution in [2.24, 2.45) is 5.92 Å². The zero-order valence-corrected chi connectivity index (χ0v) is 11.7. The highest BCUT2D eigenvalue weighted by atomic mass is 14.9. The Morgan fingerprint density at radius 2 is 2.05 bits per heavy atom. The molecule has 3 nitrogen and oxygen atoms in total. The van der Waals surface area contributed by atoms with Crippen molar-refractivity contribution in [2.75, 3.05) is 11.1 Å². The number of nitriles is 1. The van der Waals surface area contributed by atoms with Crippen LogP contribution in [0.25, 0.3) is 0 Å². The van der Waals surface area contributed by atoms with Gasteiger partial charge in [-0.3, -0.25) is 0 Å². The maximum absolute atomic E-state index is 8.93. The van der Waals surface area contributed by atoms with Gasteiger partial charge in [0.1, 0.15) is 0 Å². The van der Waals surface area contributed by atoms with Crippen molar-refractivity contribution in [3.63, 3.8) is 0 Å². The Kier molecular flexibility index (Phi) is 4.68. The number of nitrogens with two attached hydrogens (primary N) is 1. The number of benzene rings is 1. The zero-order chi connectivity index (χ0) is 13.7. The number of hydrogen-bond acceptors (Lipinski definition) is 3. The molecule has 0 radical (unpaired) electrons. The Balaban J connectivity index is 1.94. The molecule has 19 heavy (non-hydrogen) atoms. The summed E-state index contributed by atoms with van der Waals surface area (Å²) in [6.07, 6.45) is 7.69. The lowest BCUT2D eigenvalue weighted by Gasteiger charge is -2.30. The van der Waals surface area contributed by atoms with Gasteiger partial charge >= 0.3 is 0 Å². The highest BCUT2D eigenvalue weighted by Crippen LogP contribution is 2.31. The Hall–Kier alpha value is -1.69. The molecule has 1 aromatic carbocycles. The van der Waals surface area contributed by atoms with Gasteiger partial charge in [-0.15, -0.1) is 0 Å². The number of rotatable bonds is 4. The largest absolute Gasteiger partial charge is 0.397 e. The minimum absolute atomic E-state index is 0.504. The Morgan fingerprint density at radius 1 is 1.32 bits per heavy atom. The van der Waals surface area contributed by atoms with Crippen LogP contribution in [0, 0.1) is 17.2 Å². The third-order valence-corrected chi connectivity index (χ3v) is 4.09. The second-order valence-corrected chi connectivity index (χ2v) is 5.56. The highest BCUT2D eigenvalue weighted by molar-refractivity contribution is 5.68. The van der Waals surface area contributed by atoms with E-state index in [4.69, 9.17) is 11.0 Å². The predicted molar refractivity (Wildman–Crippen MR) is 79.8 cm³/mol. The first-order valence-corrected chi connectivity index (χ1v) is 7.29. The van der Waals surface area contributed by atoms with Crippen LogP contribution in [-0.2, 0) is 0 Å². The average Bonchev–Trinajstić information content (AvgIpc) is 2.44. The topological polar surface area (TPSA) is 61.8 Å². The molecule has 0 atom stereocenters. The van der Waals surface area contributed by atoms with E-state index in [0.717, 1.165) is 17.3 Å². The van der Waals surface area contributed by atoms with Crippen molar-refractivity contribution in [3.8, 4) is 6.07 Å². The van der Waals surface area contributed by atoms with Gasteiger partial charge in [-0.05, 0) is 49.8 Å². The summed E-state index contributed by atoms with van der Waals surface area (Å²) in [4.78, 5) is 0. The molecule has 0 spiro atoms. The van der Waals surface area contributed by atoms with Gasteiger partial charge in [-0.1, -0.05) is 19.8 Å². The van der Waals surface area contributed by atoms with Crippen molar-refractivity contribution < 1.29 is 0 Å². The minimum atomic E-state index is 0.504. The van der Waals surface area contributed by atoms with E-state index in [0.29, 0.717) is 11.6 Å². The van der Waals surface area contributed by atoms with Crippen LogP contribution in [0.1, 0.15) is 51.0 Å². The smallest absolute Gasteiger partial charge is 0.0992 e. The van der Waals surface area contributed by atoms with Crippen molar-refractivity contribution in [2.45, 2.75) is 51.5 Å². The molecule has 0 aliphatic heterocycles. The van der Waals surface area contributed by atoms with Crippen molar-refractivity contribution in [1.29, 1.82) is 5.26 Å². The number of anilines is 2. The maximum atomic E-state index is 8.93. The molecule has 3 heteroatoms.